The van der Waals surface area contributed by atoms with Crippen molar-refractivity contribution in [1.82, 2.24) is 29.2 Å². The molecule has 4 N–H and O–H groups in total. The van der Waals surface area contributed by atoms with Crippen LogP contribution in [0.4, 0.5) is 5.82 Å². The number of nitrogens with two attached hydrogens (primary N) is 1. The summed E-state index contributed by atoms with van der Waals surface area (Å²) in [4.78, 5) is 39.8. The zero-order valence-corrected chi connectivity index (χ0v) is 30.8. The lowest BCUT2D eigenvalue weighted by atomic mass is 10.1. The van der Waals surface area contributed by atoms with Crippen molar-refractivity contribution in [3.05, 3.63) is 46.9 Å². The molecule has 1 aliphatic rings. The number of aromatic amines is 1. The number of carbonyl (C=O) groups is 1. The Bertz CT molecular complexity index is 1750. The van der Waals surface area contributed by atoms with Gasteiger partial charge in [-0.2, -0.15) is 8.42 Å². The zero-order valence-electron chi connectivity index (χ0n) is 27.9. The second-order valence-electron chi connectivity index (χ2n) is 14.4. The number of imidazole rings is 1. The topological polar surface area (TPSA) is 203 Å². The first kappa shape index (κ1) is 35.8. The van der Waals surface area contributed by atoms with Crippen LogP contribution in [0.2, 0.25) is 36.3 Å². The molecule has 0 saturated carbocycles. The highest BCUT2D eigenvalue weighted by molar-refractivity contribution is 7.85. The van der Waals surface area contributed by atoms with Crippen molar-refractivity contribution in [2.45, 2.75) is 102 Å². The number of fused-ring (bicyclic) bond motifs is 1. The first-order chi connectivity index (χ1) is 21.0. The van der Waals surface area contributed by atoms with Crippen LogP contribution in [0.1, 0.15) is 58.1 Å². The van der Waals surface area contributed by atoms with Gasteiger partial charge in [-0.15, -0.1) is 0 Å². The molecule has 0 bridgehead atoms. The fourth-order valence-electron chi connectivity index (χ4n) is 4.38. The minimum Gasteiger partial charge on any atom is -0.408 e. The molecule has 3 aromatic rings. The highest BCUT2D eigenvalue weighted by Gasteiger charge is 2.55. The highest BCUT2D eigenvalue weighted by Crippen LogP contribution is 2.46. The van der Waals surface area contributed by atoms with Crippen molar-refractivity contribution < 1.29 is 31.0 Å². The number of carbonyl (C=O) groups excluding carboxylic acids is 1. The van der Waals surface area contributed by atoms with Crippen LogP contribution >= 0.6 is 0 Å². The van der Waals surface area contributed by atoms with Gasteiger partial charge in [0.15, 0.2) is 34.3 Å². The minimum atomic E-state index is -4.68. The van der Waals surface area contributed by atoms with Gasteiger partial charge in [0.2, 0.25) is 0 Å². The molecule has 0 aromatic carbocycles. The van der Waals surface area contributed by atoms with Crippen LogP contribution in [0.25, 0.3) is 11.2 Å². The number of anilines is 1. The summed E-state index contributed by atoms with van der Waals surface area (Å²) in [6.07, 6.45) is 0.813. The molecule has 1 amide bonds. The molecule has 1 unspecified atom stereocenters. The van der Waals surface area contributed by atoms with Gasteiger partial charge >= 0.3 is 10.3 Å². The van der Waals surface area contributed by atoms with Crippen molar-refractivity contribution in [2.24, 2.45) is 0 Å². The highest BCUT2D eigenvalue weighted by atomic mass is 32.2. The summed E-state index contributed by atoms with van der Waals surface area (Å²) < 4.78 is 55.3. The quantitative estimate of drug-likeness (QED) is 0.261. The molecule has 1 saturated heterocycles. The predicted octanol–water partition coefficient (Wildman–Crippen LogP) is 3.47. The first-order valence-corrected chi connectivity index (χ1v) is 22.1. The van der Waals surface area contributed by atoms with E-state index in [-0.39, 0.29) is 21.5 Å². The predicted molar refractivity (Wildman–Crippen MR) is 177 cm³/mol. The van der Waals surface area contributed by atoms with E-state index in [2.05, 4.69) is 87.7 Å². The van der Waals surface area contributed by atoms with E-state index in [0.717, 1.165) is 0 Å². The lowest BCUT2D eigenvalue weighted by molar-refractivity contribution is -0.0447. The van der Waals surface area contributed by atoms with Gasteiger partial charge in [0, 0.05) is 6.20 Å². The Morgan fingerprint density at radius 1 is 1.04 bits per heavy atom. The van der Waals surface area contributed by atoms with Crippen LogP contribution in [0.5, 0.6) is 0 Å². The maximum Gasteiger partial charge on any atom is 0.362 e. The van der Waals surface area contributed by atoms with Crippen molar-refractivity contribution in [3.63, 3.8) is 0 Å². The summed E-state index contributed by atoms with van der Waals surface area (Å²) in [5, 5.41) is -0.412. The van der Waals surface area contributed by atoms with E-state index >= 15 is 0 Å². The van der Waals surface area contributed by atoms with Gasteiger partial charge in [-0.05, 0) is 48.4 Å². The number of nitrogen functional groups attached to an aromatic ring is 1. The number of aromatic nitrogens is 5. The molecule has 0 radical (unpaired) electrons. The third-order valence-corrected chi connectivity index (χ3v) is 18.9. The molecule has 4 atom stereocenters. The normalized spacial score (nSPS) is 21.5. The third-order valence-electron chi connectivity index (χ3n) is 9.09. The Morgan fingerprint density at radius 3 is 2.24 bits per heavy atom. The van der Waals surface area contributed by atoms with Gasteiger partial charge in [-0.1, -0.05) is 41.5 Å². The van der Waals surface area contributed by atoms with Crippen molar-refractivity contribution in [2.75, 3.05) is 12.3 Å². The number of hydrogen-bond acceptors (Lipinski definition) is 12. The number of nitrogens with zero attached hydrogens (tertiary/aromatic N) is 4. The van der Waals surface area contributed by atoms with Gasteiger partial charge < -0.3 is 24.3 Å². The molecule has 15 nitrogen and oxygen atoms in total. The largest absolute Gasteiger partial charge is 0.408 e. The molecule has 46 heavy (non-hydrogen) atoms. The lowest BCUT2D eigenvalue weighted by Gasteiger charge is -2.44. The summed E-state index contributed by atoms with van der Waals surface area (Å²) in [5.74, 6) is -0.945. The molecule has 1 fully saturated rings. The standard InChI is InChI=1S/C28H45N7O8SSi2/c1-27(2,3)45(7,8)42-20-18(14-40-44(38,39)34-25(37)17-12-11-13-30-24(17)36)41-26(21(20)43-46(9,10)28(4,5)6)35-16-33-19-22(29)31-15-32-23(19)35/h11-13,15-16,18,20-21,26H,14H2,1-10H3,(H,30,36)(H,34,37)(H2,29,31,32)/t18-,20+,21?,26-/m1/s1. The van der Waals surface area contributed by atoms with Crippen LogP contribution in [0.15, 0.2) is 35.8 Å². The van der Waals surface area contributed by atoms with Crippen molar-refractivity contribution >= 4 is 49.8 Å². The van der Waals surface area contributed by atoms with E-state index in [1.165, 1.54) is 31.0 Å². The summed E-state index contributed by atoms with van der Waals surface area (Å²) in [5.41, 5.74) is 5.73. The van der Waals surface area contributed by atoms with Crippen LogP contribution in [-0.2, 0) is 28.1 Å². The fraction of sp³-hybridized carbons (Fsp3) is 0.607. The Morgan fingerprint density at radius 2 is 1.65 bits per heavy atom. The molecular formula is C28H45N7O8SSi2. The summed E-state index contributed by atoms with van der Waals surface area (Å²) in [6.45, 7) is 20.5. The molecule has 0 spiro atoms. The van der Waals surface area contributed by atoms with Crippen LogP contribution in [0.3, 0.4) is 0 Å². The summed E-state index contributed by atoms with van der Waals surface area (Å²) >= 11 is 0. The van der Waals surface area contributed by atoms with Crippen LogP contribution in [-0.4, -0.2) is 80.4 Å². The van der Waals surface area contributed by atoms with Gasteiger partial charge in [-0.25, -0.2) is 19.7 Å². The Hall–Kier alpha value is -3.01. The van der Waals surface area contributed by atoms with Gasteiger partial charge in [-0.3, -0.25) is 18.3 Å². The maximum absolute atomic E-state index is 13.0. The van der Waals surface area contributed by atoms with E-state index in [4.69, 9.17) is 23.5 Å². The summed E-state index contributed by atoms with van der Waals surface area (Å²) in [6, 6.07) is 2.60. The minimum absolute atomic E-state index is 0.191. The van der Waals surface area contributed by atoms with E-state index in [9.17, 15) is 18.0 Å². The van der Waals surface area contributed by atoms with E-state index < -0.39 is 69.6 Å². The van der Waals surface area contributed by atoms with E-state index in [0.29, 0.717) is 11.2 Å². The Balaban J connectivity index is 1.74. The number of nitrogens with one attached hydrogen (secondary N) is 2. The average Bonchev–Trinajstić information content (AvgIpc) is 3.48. The molecule has 4 heterocycles. The molecule has 18 heteroatoms. The third kappa shape index (κ3) is 7.42. The maximum atomic E-state index is 13.0. The fourth-order valence-corrected chi connectivity index (χ4v) is 7.69. The van der Waals surface area contributed by atoms with Gasteiger partial charge in [0.05, 0.1) is 12.9 Å². The SMILES string of the molecule is CC(C)(C)[Si](C)(C)OC1[C@@H](O[Si](C)(C)C(C)(C)C)[C@@H](COS(=O)(=O)NC(=O)c2ccc[nH]c2=O)O[C@H]1n1cnc2c(N)ncnc21. The molecule has 254 valence electrons. The molecular weight excluding hydrogens is 651 g/mol. The summed E-state index contributed by atoms with van der Waals surface area (Å²) in [7, 11) is -9.72. The number of H-pyrrole nitrogens is 1. The smallest absolute Gasteiger partial charge is 0.362 e. The second-order valence-corrected chi connectivity index (χ2v) is 25.3. The first-order valence-electron chi connectivity index (χ1n) is 14.9. The van der Waals surface area contributed by atoms with E-state index in [1.807, 2.05) is 0 Å². The van der Waals surface area contributed by atoms with Gasteiger partial charge in [0.1, 0.15) is 35.7 Å². The molecule has 0 aliphatic carbocycles. The second kappa shape index (κ2) is 12.5. The van der Waals surface area contributed by atoms with Crippen molar-refractivity contribution in [3.8, 4) is 0 Å². The Kier molecular flexibility index (Phi) is 9.78. The molecule has 1 aliphatic heterocycles. The van der Waals surface area contributed by atoms with Crippen LogP contribution in [0, 0.1) is 0 Å². The number of amides is 1. The number of hydrogen-bond donors (Lipinski definition) is 3. The average molecular weight is 696 g/mol. The number of ether oxygens (including phenoxy) is 1. The number of pyridine rings is 1. The molecule has 4 rings (SSSR count). The monoisotopic (exact) mass is 695 g/mol. The van der Waals surface area contributed by atoms with Crippen molar-refractivity contribution in [1.29, 1.82) is 0 Å². The Labute approximate surface area is 271 Å². The molecule has 3 aromatic heterocycles. The van der Waals surface area contributed by atoms with Crippen LogP contribution < -0.4 is 16.0 Å². The lowest BCUT2D eigenvalue weighted by Crippen LogP contribution is -2.54. The van der Waals surface area contributed by atoms with Gasteiger partial charge in [0.25, 0.3) is 11.5 Å². The number of rotatable bonds is 10. The van der Waals surface area contributed by atoms with E-state index in [1.54, 1.807) is 9.29 Å². The zero-order chi connectivity index (χ0) is 34.5.